The summed E-state index contributed by atoms with van der Waals surface area (Å²) < 4.78 is 39.5. The molecule has 10 heteroatoms. The quantitative estimate of drug-likeness (QED) is 0.663. The van der Waals surface area contributed by atoms with E-state index in [0.717, 1.165) is 23.7 Å². The first-order valence-electron chi connectivity index (χ1n) is 8.70. The molecule has 0 aliphatic carbocycles. The van der Waals surface area contributed by atoms with E-state index < -0.39 is 41.6 Å². The summed E-state index contributed by atoms with van der Waals surface area (Å²) >= 11 is 0. The average molecular weight is 406 g/mol. The number of para-hydroxylation sites is 1. The molecule has 2 aromatic rings. The summed E-state index contributed by atoms with van der Waals surface area (Å²) in [4.78, 5) is 37.4. The van der Waals surface area contributed by atoms with Gasteiger partial charge in [0.15, 0.2) is 17.5 Å². The Morgan fingerprint density at radius 1 is 0.931 bits per heavy atom. The van der Waals surface area contributed by atoms with E-state index in [1.807, 2.05) is 29.6 Å². The van der Waals surface area contributed by atoms with Crippen LogP contribution in [0.1, 0.15) is 5.56 Å². The van der Waals surface area contributed by atoms with E-state index in [2.05, 4.69) is 10.6 Å². The molecule has 0 atom stereocenters. The Morgan fingerprint density at radius 2 is 1.66 bits per heavy atom. The highest BCUT2D eigenvalue weighted by molar-refractivity contribution is 5.99. The molecule has 3 N–H and O–H groups in total. The zero-order valence-corrected chi connectivity index (χ0v) is 15.1. The van der Waals surface area contributed by atoms with Gasteiger partial charge >= 0.3 is 6.03 Å². The molecule has 1 aliphatic heterocycles. The summed E-state index contributed by atoms with van der Waals surface area (Å²) in [6, 6.07) is 8.19. The SMILES string of the molecule is O=C(CNC(=O)NCC(=O)N1CCc2ccccc21)Nc1ccc(F)c(F)c1F. The molecule has 29 heavy (non-hydrogen) atoms. The summed E-state index contributed by atoms with van der Waals surface area (Å²) in [7, 11) is 0. The van der Waals surface area contributed by atoms with Gasteiger partial charge in [0.1, 0.15) is 0 Å². The number of carbonyl (C=O) groups is 3. The van der Waals surface area contributed by atoms with Gasteiger partial charge in [-0.2, -0.15) is 0 Å². The predicted molar refractivity (Wildman–Crippen MR) is 98.8 cm³/mol. The molecular weight excluding hydrogens is 389 g/mol. The summed E-state index contributed by atoms with van der Waals surface area (Å²) in [5, 5.41) is 6.54. The Bertz CT molecular complexity index is 968. The van der Waals surface area contributed by atoms with Crippen molar-refractivity contribution in [3.63, 3.8) is 0 Å². The summed E-state index contributed by atoms with van der Waals surface area (Å²) in [6.07, 6.45) is 0.731. The van der Waals surface area contributed by atoms with Crippen LogP contribution in [-0.4, -0.2) is 37.5 Å². The van der Waals surface area contributed by atoms with Crippen molar-refractivity contribution in [1.29, 1.82) is 0 Å². The number of anilines is 2. The highest BCUT2D eigenvalue weighted by Gasteiger charge is 2.24. The van der Waals surface area contributed by atoms with Gasteiger partial charge in [0.25, 0.3) is 0 Å². The second-order valence-electron chi connectivity index (χ2n) is 6.23. The minimum absolute atomic E-state index is 0.278. The normalized spacial score (nSPS) is 12.3. The topological polar surface area (TPSA) is 90.5 Å². The van der Waals surface area contributed by atoms with Crippen molar-refractivity contribution in [2.45, 2.75) is 6.42 Å². The van der Waals surface area contributed by atoms with Crippen LogP contribution >= 0.6 is 0 Å². The maximum absolute atomic E-state index is 13.5. The van der Waals surface area contributed by atoms with Crippen molar-refractivity contribution in [2.75, 3.05) is 29.9 Å². The first-order chi connectivity index (χ1) is 13.9. The first-order valence-corrected chi connectivity index (χ1v) is 8.70. The van der Waals surface area contributed by atoms with Crippen molar-refractivity contribution in [3.8, 4) is 0 Å². The lowest BCUT2D eigenvalue weighted by atomic mass is 10.2. The third-order valence-electron chi connectivity index (χ3n) is 4.31. The van der Waals surface area contributed by atoms with Gasteiger partial charge in [0.05, 0.1) is 18.8 Å². The van der Waals surface area contributed by atoms with E-state index in [1.165, 1.54) is 0 Å². The Balaban J connectivity index is 1.44. The number of hydrogen-bond donors (Lipinski definition) is 3. The molecule has 2 aromatic carbocycles. The number of nitrogens with one attached hydrogen (secondary N) is 3. The fraction of sp³-hybridized carbons (Fsp3) is 0.211. The van der Waals surface area contributed by atoms with Crippen LogP contribution in [0.2, 0.25) is 0 Å². The molecule has 4 amide bonds. The Kier molecular flexibility index (Phi) is 6.01. The minimum atomic E-state index is -1.71. The standard InChI is InChI=1S/C19H17F3N4O3/c20-12-5-6-13(18(22)17(12)21)25-15(27)9-23-19(29)24-10-16(28)26-8-7-11-3-1-2-4-14(11)26/h1-6H,7-10H2,(H,25,27)(H2,23,24,29). The van der Waals surface area contributed by atoms with E-state index in [0.29, 0.717) is 12.6 Å². The maximum Gasteiger partial charge on any atom is 0.315 e. The van der Waals surface area contributed by atoms with Crippen molar-refractivity contribution in [2.24, 2.45) is 0 Å². The number of urea groups is 1. The van der Waals surface area contributed by atoms with E-state index >= 15 is 0 Å². The van der Waals surface area contributed by atoms with Crippen LogP contribution in [-0.2, 0) is 16.0 Å². The van der Waals surface area contributed by atoms with Crippen LogP contribution < -0.4 is 20.9 Å². The fourth-order valence-corrected chi connectivity index (χ4v) is 2.89. The molecule has 152 valence electrons. The molecule has 0 saturated carbocycles. The van der Waals surface area contributed by atoms with Crippen LogP contribution in [0.5, 0.6) is 0 Å². The predicted octanol–water partition coefficient (Wildman–Crippen LogP) is 1.93. The maximum atomic E-state index is 13.5. The second kappa shape index (κ2) is 8.63. The zero-order valence-electron chi connectivity index (χ0n) is 15.1. The van der Waals surface area contributed by atoms with Gasteiger partial charge in [-0.3, -0.25) is 9.59 Å². The van der Waals surface area contributed by atoms with E-state index in [4.69, 9.17) is 0 Å². The zero-order chi connectivity index (χ0) is 21.0. The van der Waals surface area contributed by atoms with Crippen molar-refractivity contribution >= 4 is 29.2 Å². The Hall–Kier alpha value is -3.56. The van der Waals surface area contributed by atoms with Gasteiger partial charge in [-0.15, -0.1) is 0 Å². The lowest BCUT2D eigenvalue weighted by Gasteiger charge is -2.17. The molecule has 0 saturated heterocycles. The Morgan fingerprint density at radius 3 is 2.45 bits per heavy atom. The first kappa shape index (κ1) is 20.2. The van der Waals surface area contributed by atoms with Gasteiger partial charge in [0.2, 0.25) is 11.8 Å². The van der Waals surface area contributed by atoms with Crippen LogP contribution in [0.25, 0.3) is 0 Å². The molecule has 3 rings (SSSR count). The molecule has 0 unspecified atom stereocenters. The minimum Gasteiger partial charge on any atom is -0.329 e. The van der Waals surface area contributed by atoms with Crippen LogP contribution in [0.3, 0.4) is 0 Å². The van der Waals surface area contributed by atoms with Crippen molar-refractivity contribution < 1.29 is 27.6 Å². The number of halogens is 3. The number of amides is 4. The molecule has 1 heterocycles. The lowest BCUT2D eigenvalue weighted by Crippen LogP contribution is -2.45. The highest BCUT2D eigenvalue weighted by atomic mass is 19.2. The number of nitrogens with zero attached hydrogens (tertiary/aromatic N) is 1. The lowest BCUT2D eigenvalue weighted by molar-refractivity contribution is -0.117. The van der Waals surface area contributed by atoms with Gasteiger partial charge < -0.3 is 20.9 Å². The number of hydrogen-bond acceptors (Lipinski definition) is 3. The third kappa shape index (κ3) is 4.65. The third-order valence-corrected chi connectivity index (χ3v) is 4.31. The van der Waals surface area contributed by atoms with E-state index in [-0.39, 0.29) is 12.5 Å². The molecule has 0 aromatic heterocycles. The van der Waals surface area contributed by atoms with Crippen molar-refractivity contribution in [3.05, 3.63) is 59.4 Å². The number of carbonyl (C=O) groups excluding carboxylic acids is 3. The van der Waals surface area contributed by atoms with E-state index in [1.54, 1.807) is 4.90 Å². The molecule has 0 fully saturated rings. The van der Waals surface area contributed by atoms with Crippen LogP contribution in [0.4, 0.5) is 29.3 Å². The molecular formula is C19H17F3N4O3. The van der Waals surface area contributed by atoms with Gasteiger partial charge in [0, 0.05) is 12.2 Å². The molecule has 1 aliphatic rings. The van der Waals surface area contributed by atoms with Gasteiger partial charge in [-0.05, 0) is 30.2 Å². The highest BCUT2D eigenvalue weighted by Crippen LogP contribution is 2.27. The molecule has 0 spiro atoms. The largest absolute Gasteiger partial charge is 0.329 e. The van der Waals surface area contributed by atoms with Gasteiger partial charge in [-0.1, -0.05) is 18.2 Å². The number of rotatable bonds is 5. The monoisotopic (exact) mass is 406 g/mol. The smallest absolute Gasteiger partial charge is 0.315 e. The molecule has 0 radical (unpaired) electrons. The summed E-state index contributed by atoms with van der Waals surface area (Å²) in [6.45, 7) is -0.325. The Labute approximate surface area is 163 Å². The summed E-state index contributed by atoms with van der Waals surface area (Å²) in [5.74, 6) is -5.80. The van der Waals surface area contributed by atoms with Crippen molar-refractivity contribution in [1.82, 2.24) is 10.6 Å². The second-order valence-corrected chi connectivity index (χ2v) is 6.23. The number of fused-ring (bicyclic) bond motifs is 1. The van der Waals surface area contributed by atoms with E-state index in [9.17, 15) is 27.6 Å². The number of benzene rings is 2. The fourth-order valence-electron chi connectivity index (χ4n) is 2.89. The van der Waals surface area contributed by atoms with Crippen LogP contribution in [0, 0.1) is 17.5 Å². The average Bonchev–Trinajstić information content (AvgIpc) is 3.15. The van der Waals surface area contributed by atoms with Gasteiger partial charge in [-0.25, -0.2) is 18.0 Å². The van der Waals surface area contributed by atoms with Crippen LogP contribution in [0.15, 0.2) is 36.4 Å². The molecule has 7 nitrogen and oxygen atoms in total. The molecule has 0 bridgehead atoms. The summed E-state index contributed by atoms with van der Waals surface area (Å²) in [5.41, 5.74) is 1.29.